The fourth-order valence-electron chi connectivity index (χ4n) is 3.11. The summed E-state index contributed by atoms with van der Waals surface area (Å²) in [7, 11) is 1.20. The molecule has 1 N–H and O–H groups in total. The third kappa shape index (κ3) is 6.55. The fraction of sp³-hybridized carbons (Fsp3) is 0.619. The molecule has 10 heteroatoms. The van der Waals surface area contributed by atoms with E-state index in [1.807, 2.05) is 4.90 Å². The lowest BCUT2D eigenvalue weighted by molar-refractivity contribution is -0.147. The predicted molar refractivity (Wildman–Crippen MR) is 113 cm³/mol. The van der Waals surface area contributed by atoms with E-state index < -0.39 is 35.4 Å². The summed E-state index contributed by atoms with van der Waals surface area (Å²) < 4.78 is 15.7. The first-order chi connectivity index (χ1) is 14.2. The minimum atomic E-state index is -1.28. The number of rotatable bonds is 4. The lowest BCUT2D eigenvalue weighted by Gasteiger charge is -2.35. The lowest BCUT2D eigenvalue weighted by Crippen LogP contribution is -2.56. The summed E-state index contributed by atoms with van der Waals surface area (Å²) in [5, 5.41) is 6.93. The minimum absolute atomic E-state index is 0.00873. The average Bonchev–Trinajstić information content (AvgIpc) is 3.06. The van der Waals surface area contributed by atoms with E-state index in [1.54, 1.807) is 47.7 Å². The molecule has 0 aliphatic carbocycles. The summed E-state index contributed by atoms with van der Waals surface area (Å²) in [5.74, 6) is -0.764. The number of nitrogens with one attached hydrogen (secondary N) is 1. The molecule has 0 bridgehead atoms. The highest BCUT2D eigenvalue weighted by Crippen LogP contribution is 2.25. The van der Waals surface area contributed by atoms with Gasteiger partial charge in [-0.05, 0) is 47.1 Å². The van der Waals surface area contributed by atoms with Gasteiger partial charge in [-0.3, -0.25) is 10.00 Å². The number of aromatic amines is 1. The molecule has 0 saturated carbocycles. The Hall–Kier alpha value is -2.88. The summed E-state index contributed by atoms with van der Waals surface area (Å²) in [6.45, 7) is 14.9. The first kappa shape index (κ1) is 24.4. The third-order valence-corrected chi connectivity index (χ3v) is 4.28. The highest BCUT2D eigenvalue weighted by molar-refractivity contribution is 5.94. The summed E-state index contributed by atoms with van der Waals surface area (Å²) >= 11 is 0. The molecule has 1 atom stereocenters. The van der Waals surface area contributed by atoms with Crippen molar-refractivity contribution in [2.75, 3.05) is 20.2 Å². The molecule has 0 aromatic carbocycles. The van der Waals surface area contributed by atoms with Gasteiger partial charge in [0, 0.05) is 25.2 Å². The lowest BCUT2D eigenvalue weighted by atomic mass is 10.0. The summed E-state index contributed by atoms with van der Waals surface area (Å²) in [6, 6.07) is -1.28. The number of ether oxygens (including phenoxy) is 3. The molecular formula is C21H32N4O6. The Bertz CT molecular complexity index is 821. The Labute approximate surface area is 182 Å². The first-order valence-electron chi connectivity index (χ1n) is 9.97. The van der Waals surface area contributed by atoms with Crippen LogP contribution < -0.4 is 0 Å². The van der Waals surface area contributed by atoms with E-state index in [0.29, 0.717) is 18.0 Å². The van der Waals surface area contributed by atoms with Crippen LogP contribution in [0.15, 0.2) is 12.8 Å². The van der Waals surface area contributed by atoms with Crippen molar-refractivity contribution in [3.63, 3.8) is 0 Å². The van der Waals surface area contributed by atoms with Crippen LogP contribution in [0.2, 0.25) is 0 Å². The monoisotopic (exact) mass is 436 g/mol. The smallest absolute Gasteiger partial charge is 0.420 e. The van der Waals surface area contributed by atoms with Crippen LogP contribution in [0.1, 0.15) is 52.8 Å². The molecule has 10 nitrogen and oxygen atoms in total. The number of esters is 1. The number of nitrogens with zero attached hydrogens (tertiary/aromatic N) is 3. The van der Waals surface area contributed by atoms with Crippen LogP contribution in [0, 0.1) is 0 Å². The number of hydrogen-bond acceptors (Lipinski definition) is 8. The zero-order chi connectivity index (χ0) is 23.6. The van der Waals surface area contributed by atoms with Gasteiger partial charge in [0.1, 0.15) is 11.2 Å². The van der Waals surface area contributed by atoms with Crippen LogP contribution in [0.25, 0.3) is 5.57 Å². The van der Waals surface area contributed by atoms with E-state index in [1.165, 1.54) is 7.11 Å². The molecule has 2 amide bonds. The van der Waals surface area contributed by atoms with Gasteiger partial charge in [0.15, 0.2) is 6.04 Å². The Morgan fingerprint density at radius 2 is 1.68 bits per heavy atom. The SMILES string of the molecule is C=C1CN(CC(C(=O)OC)N(C(=O)OC(C)(C)C)C(=O)OC(C)(C)C)Cc2cn[nH]c21. The highest BCUT2D eigenvalue weighted by Gasteiger charge is 2.42. The minimum Gasteiger partial charge on any atom is -0.467 e. The van der Waals surface area contributed by atoms with Gasteiger partial charge in [-0.2, -0.15) is 10.00 Å². The molecule has 1 unspecified atom stereocenters. The normalized spacial score (nSPS) is 15.6. The van der Waals surface area contributed by atoms with Crippen molar-refractivity contribution in [1.29, 1.82) is 0 Å². The van der Waals surface area contributed by atoms with Gasteiger partial charge in [0.25, 0.3) is 0 Å². The van der Waals surface area contributed by atoms with Gasteiger partial charge in [-0.15, -0.1) is 0 Å². The van der Waals surface area contributed by atoms with Gasteiger partial charge < -0.3 is 14.2 Å². The van der Waals surface area contributed by atoms with E-state index in [9.17, 15) is 14.4 Å². The average molecular weight is 437 g/mol. The van der Waals surface area contributed by atoms with E-state index in [4.69, 9.17) is 14.2 Å². The summed E-state index contributed by atoms with van der Waals surface area (Å²) in [6.07, 6.45) is -0.298. The number of imide groups is 1. The van der Waals surface area contributed by atoms with Gasteiger partial charge in [-0.25, -0.2) is 14.4 Å². The largest absolute Gasteiger partial charge is 0.467 e. The molecule has 2 heterocycles. The van der Waals surface area contributed by atoms with Crippen LogP contribution in [0.4, 0.5) is 9.59 Å². The van der Waals surface area contributed by atoms with E-state index in [0.717, 1.165) is 16.8 Å². The molecule has 0 radical (unpaired) electrons. The van der Waals surface area contributed by atoms with Crippen LogP contribution in [-0.2, 0) is 25.5 Å². The van der Waals surface area contributed by atoms with Gasteiger partial charge >= 0.3 is 18.2 Å². The second-order valence-corrected chi connectivity index (χ2v) is 9.41. The van der Waals surface area contributed by atoms with Crippen molar-refractivity contribution in [2.24, 2.45) is 0 Å². The van der Waals surface area contributed by atoms with Gasteiger partial charge in [0.2, 0.25) is 0 Å². The topological polar surface area (TPSA) is 114 Å². The Morgan fingerprint density at radius 1 is 1.13 bits per heavy atom. The molecule has 1 aliphatic heterocycles. The maximum absolute atomic E-state index is 13.0. The van der Waals surface area contributed by atoms with Crippen molar-refractivity contribution in [3.8, 4) is 0 Å². The Morgan fingerprint density at radius 3 is 2.16 bits per heavy atom. The molecule has 1 aromatic heterocycles. The van der Waals surface area contributed by atoms with Crippen molar-refractivity contribution in [2.45, 2.75) is 65.3 Å². The van der Waals surface area contributed by atoms with Crippen molar-refractivity contribution in [3.05, 3.63) is 24.0 Å². The number of fused-ring (bicyclic) bond motifs is 1. The molecule has 0 spiro atoms. The van der Waals surface area contributed by atoms with Gasteiger partial charge in [-0.1, -0.05) is 6.58 Å². The predicted octanol–water partition coefficient (Wildman–Crippen LogP) is 2.95. The number of H-pyrrole nitrogens is 1. The molecule has 31 heavy (non-hydrogen) atoms. The van der Waals surface area contributed by atoms with Crippen molar-refractivity contribution in [1.82, 2.24) is 20.0 Å². The highest BCUT2D eigenvalue weighted by atomic mass is 16.6. The molecule has 2 rings (SSSR count). The molecule has 172 valence electrons. The quantitative estimate of drug-likeness (QED) is 0.566. The maximum Gasteiger partial charge on any atom is 0.420 e. The van der Waals surface area contributed by atoms with Crippen molar-refractivity contribution >= 4 is 23.7 Å². The fourth-order valence-corrected chi connectivity index (χ4v) is 3.11. The number of methoxy groups -OCH3 is 1. The number of amides is 2. The van der Waals surface area contributed by atoms with E-state index >= 15 is 0 Å². The van der Waals surface area contributed by atoms with Crippen LogP contribution in [0.3, 0.4) is 0 Å². The van der Waals surface area contributed by atoms with E-state index in [2.05, 4.69) is 16.8 Å². The Kier molecular flexibility index (Phi) is 7.15. The molecule has 1 aromatic rings. The number of hydrogen-bond donors (Lipinski definition) is 1. The number of carbonyl (C=O) groups is 3. The zero-order valence-electron chi connectivity index (χ0n) is 19.3. The molecule has 0 fully saturated rings. The second kappa shape index (κ2) is 9.09. The second-order valence-electron chi connectivity index (χ2n) is 9.41. The number of carbonyl (C=O) groups excluding carboxylic acids is 3. The summed E-state index contributed by atoms with van der Waals surface area (Å²) in [4.78, 5) is 41.2. The molecule has 1 aliphatic rings. The maximum atomic E-state index is 13.0. The zero-order valence-corrected chi connectivity index (χ0v) is 19.3. The molecular weight excluding hydrogens is 404 g/mol. The van der Waals surface area contributed by atoms with Crippen LogP contribution in [0.5, 0.6) is 0 Å². The summed E-state index contributed by atoms with van der Waals surface area (Å²) in [5.41, 5.74) is 0.762. The Balaban J connectivity index is 2.36. The van der Waals surface area contributed by atoms with Gasteiger partial charge in [0.05, 0.1) is 19.0 Å². The first-order valence-corrected chi connectivity index (χ1v) is 9.97. The van der Waals surface area contributed by atoms with Crippen LogP contribution >= 0.6 is 0 Å². The number of aromatic nitrogens is 2. The van der Waals surface area contributed by atoms with Crippen LogP contribution in [-0.4, -0.2) is 75.6 Å². The third-order valence-electron chi connectivity index (χ3n) is 4.28. The standard InChI is InChI=1S/C21H32N4O6/c1-13-10-24(11-14-9-22-23-16(13)14)12-15(17(26)29-8)25(18(27)30-20(2,3)4)19(28)31-21(5,6)7/h9,15H,1,10-12H2,2-8H3,(H,22,23). The molecule has 0 saturated heterocycles. The van der Waals surface area contributed by atoms with E-state index in [-0.39, 0.29) is 6.54 Å². The van der Waals surface area contributed by atoms with Crippen molar-refractivity contribution < 1.29 is 28.6 Å².